The zero-order valence-electron chi connectivity index (χ0n) is 6.55. The predicted octanol–water partition coefficient (Wildman–Crippen LogP) is 1.35. The van der Waals surface area contributed by atoms with Gasteiger partial charge in [0.15, 0.2) is 0 Å². The van der Waals surface area contributed by atoms with Crippen molar-refractivity contribution in [2.24, 2.45) is 0 Å². The quantitative estimate of drug-likeness (QED) is 0.570. The lowest BCUT2D eigenvalue weighted by Gasteiger charge is -2.07. The highest BCUT2D eigenvalue weighted by Gasteiger charge is 2.00. The second-order valence-corrected chi connectivity index (χ2v) is 2.18. The molecule has 0 heterocycles. The van der Waals surface area contributed by atoms with Crippen molar-refractivity contribution in [1.82, 2.24) is 0 Å². The number of hydrogen-bond donors (Lipinski definition) is 1. The van der Waals surface area contributed by atoms with Crippen molar-refractivity contribution < 1.29 is 9.84 Å². The Hall–Kier alpha value is -0.340. The minimum Gasteiger partial charge on any atom is -0.391 e. The van der Waals surface area contributed by atoms with E-state index >= 15 is 0 Å². The molecule has 0 aromatic heterocycles. The molecule has 0 rings (SSSR count). The normalized spacial score (nSPS) is 13.0. The third-order valence-corrected chi connectivity index (χ3v) is 1.22. The van der Waals surface area contributed by atoms with Gasteiger partial charge < -0.3 is 9.84 Å². The van der Waals surface area contributed by atoms with Crippen molar-refractivity contribution >= 4 is 0 Å². The molecule has 0 aliphatic heterocycles. The Labute approximate surface area is 62.5 Å². The molecule has 0 fully saturated rings. The Bertz CT molecular complexity index is 81.3. The molecule has 2 heteroatoms. The first-order chi connectivity index (χ1) is 4.81. The van der Waals surface area contributed by atoms with Gasteiger partial charge in [-0.1, -0.05) is 6.08 Å². The first-order valence-corrected chi connectivity index (χ1v) is 3.68. The fraction of sp³-hybridized carbons (Fsp3) is 0.750. The van der Waals surface area contributed by atoms with Crippen molar-refractivity contribution in [2.45, 2.75) is 25.9 Å². The van der Waals surface area contributed by atoms with E-state index in [0.717, 1.165) is 12.8 Å². The highest BCUT2D eigenvalue weighted by Crippen LogP contribution is 1.97. The maximum atomic E-state index is 9.14. The lowest BCUT2D eigenvalue weighted by molar-refractivity contribution is 0.0388. The molecular weight excluding hydrogens is 128 g/mol. The summed E-state index contributed by atoms with van der Waals surface area (Å²) in [5.41, 5.74) is 0. The largest absolute Gasteiger partial charge is 0.391 e. The van der Waals surface area contributed by atoms with Crippen LogP contribution in [0.2, 0.25) is 0 Å². The van der Waals surface area contributed by atoms with Crippen LogP contribution in [0, 0.1) is 0 Å². The molecular formula is C8H16O2. The molecule has 0 aliphatic rings. The maximum Gasteiger partial charge on any atom is 0.0776 e. The van der Waals surface area contributed by atoms with Gasteiger partial charge in [0.05, 0.1) is 12.7 Å². The van der Waals surface area contributed by atoms with Gasteiger partial charge >= 0.3 is 0 Å². The van der Waals surface area contributed by atoms with Gasteiger partial charge in [-0.3, -0.25) is 0 Å². The summed E-state index contributed by atoms with van der Waals surface area (Å²) in [4.78, 5) is 0. The standard InChI is InChI=1S/C8H16O2/c1-3-5-6-8(9)7-10-4-2/h3,8-9H,1,4-7H2,2H3. The maximum absolute atomic E-state index is 9.14. The minimum absolute atomic E-state index is 0.321. The second-order valence-electron chi connectivity index (χ2n) is 2.18. The van der Waals surface area contributed by atoms with Crippen molar-refractivity contribution in [3.05, 3.63) is 12.7 Å². The summed E-state index contributed by atoms with van der Waals surface area (Å²) in [7, 11) is 0. The van der Waals surface area contributed by atoms with Crippen LogP contribution in [-0.4, -0.2) is 24.4 Å². The van der Waals surface area contributed by atoms with E-state index in [4.69, 9.17) is 9.84 Å². The second kappa shape index (κ2) is 6.78. The van der Waals surface area contributed by atoms with E-state index in [1.54, 1.807) is 6.08 Å². The van der Waals surface area contributed by atoms with Crippen LogP contribution in [-0.2, 0) is 4.74 Å². The molecule has 0 spiro atoms. The molecule has 0 saturated carbocycles. The van der Waals surface area contributed by atoms with Crippen LogP contribution in [0.15, 0.2) is 12.7 Å². The number of aliphatic hydroxyl groups excluding tert-OH is 1. The molecule has 10 heavy (non-hydrogen) atoms. The summed E-state index contributed by atoms with van der Waals surface area (Å²) in [6, 6.07) is 0. The molecule has 0 aromatic carbocycles. The lowest BCUT2D eigenvalue weighted by Crippen LogP contribution is -2.14. The van der Waals surface area contributed by atoms with Crippen LogP contribution in [0.25, 0.3) is 0 Å². The summed E-state index contributed by atoms with van der Waals surface area (Å²) in [6.45, 7) is 6.60. The van der Waals surface area contributed by atoms with Crippen molar-refractivity contribution in [3.63, 3.8) is 0 Å². The zero-order valence-corrected chi connectivity index (χ0v) is 6.55. The summed E-state index contributed by atoms with van der Waals surface area (Å²) >= 11 is 0. The van der Waals surface area contributed by atoms with E-state index in [9.17, 15) is 0 Å². The number of ether oxygens (including phenoxy) is 1. The van der Waals surface area contributed by atoms with E-state index in [0.29, 0.717) is 13.2 Å². The lowest BCUT2D eigenvalue weighted by atomic mass is 10.2. The third kappa shape index (κ3) is 5.79. The SMILES string of the molecule is C=CCCC(O)COCC. The third-order valence-electron chi connectivity index (χ3n) is 1.22. The average molecular weight is 144 g/mol. The fourth-order valence-corrected chi connectivity index (χ4v) is 0.647. The molecule has 1 unspecified atom stereocenters. The van der Waals surface area contributed by atoms with Gasteiger partial charge in [-0.15, -0.1) is 6.58 Å². The van der Waals surface area contributed by atoms with Crippen molar-refractivity contribution in [3.8, 4) is 0 Å². The Kier molecular flexibility index (Phi) is 6.55. The van der Waals surface area contributed by atoms with Crippen LogP contribution in [0.1, 0.15) is 19.8 Å². The molecule has 0 aromatic rings. The van der Waals surface area contributed by atoms with Gasteiger partial charge in [-0.25, -0.2) is 0 Å². The number of allylic oxidation sites excluding steroid dienone is 1. The van der Waals surface area contributed by atoms with Crippen LogP contribution in [0.4, 0.5) is 0 Å². The molecule has 60 valence electrons. The summed E-state index contributed by atoms with van der Waals surface area (Å²) < 4.78 is 5.01. The molecule has 0 amide bonds. The van der Waals surface area contributed by atoms with E-state index < -0.39 is 0 Å². The van der Waals surface area contributed by atoms with E-state index in [2.05, 4.69) is 6.58 Å². The molecule has 0 bridgehead atoms. The number of rotatable bonds is 6. The smallest absolute Gasteiger partial charge is 0.0776 e. The summed E-state index contributed by atoms with van der Waals surface area (Å²) in [6.07, 6.45) is 3.09. The first-order valence-electron chi connectivity index (χ1n) is 3.68. The van der Waals surface area contributed by atoms with Crippen LogP contribution in [0.3, 0.4) is 0 Å². The van der Waals surface area contributed by atoms with Crippen LogP contribution >= 0.6 is 0 Å². The molecule has 0 aliphatic carbocycles. The van der Waals surface area contributed by atoms with Gasteiger partial charge in [-0.05, 0) is 19.8 Å². The topological polar surface area (TPSA) is 29.5 Å². The average Bonchev–Trinajstić information content (AvgIpc) is 1.97. The Morgan fingerprint density at radius 3 is 2.90 bits per heavy atom. The Morgan fingerprint density at radius 1 is 1.70 bits per heavy atom. The molecule has 1 atom stereocenters. The minimum atomic E-state index is -0.321. The van der Waals surface area contributed by atoms with E-state index in [1.807, 2.05) is 6.92 Å². The van der Waals surface area contributed by atoms with Gasteiger partial charge in [0.25, 0.3) is 0 Å². The van der Waals surface area contributed by atoms with E-state index in [-0.39, 0.29) is 6.10 Å². The van der Waals surface area contributed by atoms with Gasteiger partial charge in [0.1, 0.15) is 0 Å². The van der Waals surface area contributed by atoms with E-state index in [1.165, 1.54) is 0 Å². The molecule has 1 N–H and O–H groups in total. The van der Waals surface area contributed by atoms with Crippen LogP contribution < -0.4 is 0 Å². The predicted molar refractivity (Wildman–Crippen MR) is 41.9 cm³/mol. The molecule has 2 nitrogen and oxygen atoms in total. The first kappa shape index (κ1) is 9.66. The number of hydrogen-bond acceptors (Lipinski definition) is 2. The number of aliphatic hydroxyl groups is 1. The fourth-order valence-electron chi connectivity index (χ4n) is 0.647. The molecule has 0 radical (unpaired) electrons. The highest BCUT2D eigenvalue weighted by molar-refractivity contribution is 4.68. The highest BCUT2D eigenvalue weighted by atomic mass is 16.5. The van der Waals surface area contributed by atoms with Gasteiger partial charge in [0, 0.05) is 6.61 Å². The summed E-state index contributed by atoms with van der Waals surface area (Å²) in [5, 5.41) is 9.14. The monoisotopic (exact) mass is 144 g/mol. The van der Waals surface area contributed by atoms with Gasteiger partial charge in [0.2, 0.25) is 0 Å². The molecule has 0 saturated heterocycles. The summed E-state index contributed by atoms with van der Waals surface area (Å²) in [5.74, 6) is 0. The van der Waals surface area contributed by atoms with Crippen LogP contribution in [0.5, 0.6) is 0 Å². The Morgan fingerprint density at radius 2 is 2.40 bits per heavy atom. The van der Waals surface area contributed by atoms with Crippen molar-refractivity contribution in [2.75, 3.05) is 13.2 Å². The van der Waals surface area contributed by atoms with Crippen molar-refractivity contribution in [1.29, 1.82) is 0 Å². The van der Waals surface area contributed by atoms with Gasteiger partial charge in [-0.2, -0.15) is 0 Å². The Balaban J connectivity index is 3.07. The zero-order chi connectivity index (χ0) is 7.82.